The fourth-order valence-corrected chi connectivity index (χ4v) is 3.52. The molecule has 3 rings (SSSR count). The summed E-state index contributed by atoms with van der Waals surface area (Å²) in [5, 5.41) is 0. The van der Waals surface area contributed by atoms with Crippen molar-refractivity contribution in [2.45, 2.75) is 32.6 Å². The van der Waals surface area contributed by atoms with Crippen LogP contribution in [0, 0.1) is 0 Å². The molecule has 0 bridgehead atoms. The van der Waals surface area contributed by atoms with E-state index in [1.165, 1.54) is 19.3 Å². The summed E-state index contributed by atoms with van der Waals surface area (Å²) < 4.78 is 12.3. The lowest BCUT2D eigenvalue weighted by atomic mass is 10.0. The van der Waals surface area contributed by atoms with Crippen molar-refractivity contribution in [1.82, 2.24) is 0 Å². The zero-order valence-electron chi connectivity index (χ0n) is 16.6. The number of hydrogen-bond donors (Lipinski definition) is 0. The Balaban J connectivity index is 1.68. The third-order valence-electron chi connectivity index (χ3n) is 4.60. The molecule has 0 fully saturated rings. The van der Waals surface area contributed by atoms with E-state index in [0.29, 0.717) is 17.9 Å². The van der Waals surface area contributed by atoms with Crippen LogP contribution in [-0.4, -0.2) is 12.6 Å². The summed E-state index contributed by atoms with van der Waals surface area (Å²) >= 11 is 3.50. The van der Waals surface area contributed by atoms with Gasteiger partial charge in [0.2, 0.25) is 0 Å². The molecular formula is C25H25BrO3. The van der Waals surface area contributed by atoms with Gasteiger partial charge in [-0.05, 0) is 52.2 Å². The fourth-order valence-electron chi connectivity index (χ4n) is 3.03. The summed E-state index contributed by atoms with van der Waals surface area (Å²) in [5.41, 5.74) is 2.36. The van der Waals surface area contributed by atoms with Gasteiger partial charge in [-0.3, -0.25) is 0 Å². The number of esters is 1. The summed E-state index contributed by atoms with van der Waals surface area (Å²) in [7, 11) is 0. The van der Waals surface area contributed by atoms with Crippen molar-refractivity contribution in [1.29, 1.82) is 0 Å². The maximum absolute atomic E-state index is 12.7. The number of hydrogen-bond acceptors (Lipinski definition) is 3. The molecule has 0 spiro atoms. The monoisotopic (exact) mass is 452 g/mol. The van der Waals surface area contributed by atoms with E-state index < -0.39 is 5.97 Å². The minimum Gasteiger partial charge on any atom is -0.492 e. The van der Waals surface area contributed by atoms with Crippen molar-refractivity contribution in [3.05, 3.63) is 82.8 Å². The molecule has 0 N–H and O–H groups in total. The minimum atomic E-state index is -0.399. The van der Waals surface area contributed by atoms with Gasteiger partial charge in [-0.1, -0.05) is 74.7 Å². The zero-order chi connectivity index (χ0) is 20.5. The van der Waals surface area contributed by atoms with E-state index in [1.54, 1.807) is 12.1 Å². The molecule has 0 atom stereocenters. The van der Waals surface area contributed by atoms with E-state index in [9.17, 15) is 4.79 Å². The number of rotatable bonds is 9. The van der Waals surface area contributed by atoms with Crippen LogP contribution >= 0.6 is 15.9 Å². The van der Waals surface area contributed by atoms with Gasteiger partial charge in [0.25, 0.3) is 0 Å². The summed E-state index contributed by atoms with van der Waals surface area (Å²) in [6.07, 6.45) is 4.62. The molecular weight excluding hydrogens is 428 g/mol. The Hall–Kier alpha value is -2.59. The minimum absolute atomic E-state index is 0.399. The zero-order valence-corrected chi connectivity index (χ0v) is 18.2. The average molecular weight is 453 g/mol. The Labute approximate surface area is 180 Å². The first-order chi connectivity index (χ1) is 14.2. The van der Waals surface area contributed by atoms with E-state index >= 15 is 0 Å². The van der Waals surface area contributed by atoms with Gasteiger partial charge in [-0.25, -0.2) is 4.79 Å². The maximum atomic E-state index is 12.7. The van der Waals surface area contributed by atoms with Gasteiger partial charge >= 0.3 is 5.97 Å². The lowest BCUT2D eigenvalue weighted by Gasteiger charge is -2.12. The average Bonchev–Trinajstić information content (AvgIpc) is 2.75. The van der Waals surface area contributed by atoms with Crippen LogP contribution in [0.3, 0.4) is 0 Å². The molecule has 150 valence electrons. The molecule has 3 aromatic rings. The Kier molecular flexibility index (Phi) is 7.88. The second-order valence-corrected chi connectivity index (χ2v) is 7.66. The van der Waals surface area contributed by atoms with Crippen LogP contribution in [0.25, 0.3) is 11.1 Å². The summed E-state index contributed by atoms with van der Waals surface area (Å²) in [4.78, 5) is 12.7. The molecule has 0 saturated heterocycles. The number of benzene rings is 3. The Morgan fingerprint density at radius 3 is 2.38 bits per heavy atom. The summed E-state index contributed by atoms with van der Waals surface area (Å²) in [5.74, 6) is 0.877. The van der Waals surface area contributed by atoms with Crippen LogP contribution < -0.4 is 9.47 Å². The highest BCUT2D eigenvalue weighted by Gasteiger charge is 2.14. The van der Waals surface area contributed by atoms with Crippen LogP contribution in [0.1, 0.15) is 43.0 Å². The quantitative estimate of drug-likeness (QED) is 0.194. The predicted octanol–water partition coefficient (Wildman–Crippen LogP) is 7.29. The van der Waals surface area contributed by atoms with Gasteiger partial charge in [0.1, 0.15) is 11.5 Å². The van der Waals surface area contributed by atoms with Gasteiger partial charge in [0, 0.05) is 5.56 Å². The fraction of sp³-hybridized carbons (Fsp3) is 0.240. The van der Waals surface area contributed by atoms with Crippen molar-refractivity contribution < 1.29 is 14.3 Å². The highest BCUT2D eigenvalue weighted by atomic mass is 79.9. The molecule has 0 aromatic heterocycles. The molecule has 3 nitrogen and oxygen atoms in total. The molecule has 29 heavy (non-hydrogen) atoms. The highest BCUT2D eigenvalue weighted by Crippen LogP contribution is 2.31. The third kappa shape index (κ3) is 5.94. The van der Waals surface area contributed by atoms with Gasteiger partial charge in [0.05, 0.1) is 16.6 Å². The highest BCUT2D eigenvalue weighted by molar-refractivity contribution is 9.10. The van der Waals surface area contributed by atoms with E-state index in [-0.39, 0.29) is 0 Å². The normalized spacial score (nSPS) is 10.6. The first kappa shape index (κ1) is 21.1. The van der Waals surface area contributed by atoms with Crippen molar-refractivity contribution in [2.24, 2.45) is 0 Å². The van der Waals surface area contributed by atoms with Gasteiger partial charge in [-0.15, -0.1) is 0 Å². The van der Waals surface area contributed by atoms with Crippen LogP contribution in [0.15, 0.2) is 77.3 Å². The van der Waals surface area contributed by atoms with E-state index in [1.807, 2.05) is 60.7 Å². The van der Waals surface area contributed by atoms with Crippen molar-refractivity contribution in [3.63, 3.8) is 0 Å². The number of carbonyl (C=O) groups excluding carboxylic acids is 1. The molecule has 0 unspecified atom stereocenters. The SMILES string of the molecule is CCCCCCOc1ccc(C(=O)Oc2ccccc2-c2ccccc2)cc1Br. The molecule has 0 aliphatic heterocycles. The largest absolute Gasteiger partial charge is 0.492 e. The molecule has 0 aliphatic rings. The van der Waals surface area contributed by atoms with Crippen LogP contribution in [0.5, 0.6) is 11.5 Å². The van der Waals surface area contributed by atoms with Crippen molar-refractivity contribution in [3.8, 4) is 22.6 Å². The topological polar surface area (TPSA) is 35.5 Å². The molecule has 0 heterocycles. The standard InChI is InChI=1S/C25H25BrO3/c1-2-3-4-10-17-28-24-16-15-20(18-22(24)26)25(27)29-23-14-9-8-13-21(23)19-11-6-5-7-12-19/h5-9,11-16,18H,2-4,10,17H2,1H3. The lowest BCUT2D eigenvalue weighted by molar-refractivity contribution is 0.0735. The van der Waals surface area contributed by atoms with Crippen molar-refractivity contribution in [2.75, 3.05) is 6.61 Å². The van der Waals surface area contributed by atoms with Crippen LogP contribution in [0.4, 0.5) is 0 Å². The number of para-hydroxylation sites is 1. The van der Waals surface area contributed by atoms with E-state index in [2.05, 4.69) is 22.9 Å². The second-order valence-electron chi connectivity index (χ2n) is 6.81. The lowest BCUT2D eigenvalue weighted by Crippen LogP contribution is -2.09. The van der Waals surface area contributed by atoms with E-state index in [0.717, 1.165) is 27.8 Å². The first-order valence-electron chi connectivity index (χ1n) is 9.98. The molecule has 4 heteroatoms. The van der Waals surface area contributed by atoms with Crippen LogP contribution in [-0.2, 0) is 0 Å². The molecule has 0 saturated carbocycles. The summed E-state index contributed by atoms with van der Waals surface area (Å²) in [6, 6.07) is 22.7. The Bertz CT molecular complexity index is 938. The molecule has 0 aliphatic carbocycles. The number of unbranched alkanes of at least 4 members (excludes halogenated alkanes) is 3. The third-order valence-corrected chi connectivity index (χ3v) is 5.22. The number of halogens is 1. The number of carbonyl (C=O) groups is 1. The van der Waals surface area contributed by atoms with Crippen LogP contribution in [0.2, 0.25) is 0 Å². The van der Waals surface area contributed by atoms with E-state index in [4.69, 9.17) is 9.47 Å². The molecule has 0 radical (unpaired) electrons. The van der Waals surface area contributed by atoms with Gasteiger partial charge in [0.15, 0.2) is 0 Å². The molecule has 0 amide bonds. The maximum Gasteiger partial charge on any atom is 0.343 e. The Morgan fingerprint density at radius 1 is 0.862 bits per heavy atom. The Morgan fingerprint density at radius 2 is 1.62 bits per heavy atom. The number of ether oxygens (including phenoxy) is 2. The predicted molar refractivity (Wildman–Crippen MR) is 121 cm³/mol. The van der Waals surface area contributed by atoms with Gasteiger partial charge < -0.3 is 9.47 Å². The smallest absolute Gasteiger partial charge is 0.343 e. The molecule has 3 aromatic carbocycles. The second kappa shape index (κ2) is 10.8. The first-order valence-corrected chi connectivity index (χ1v) is 10.8. The van der Waals surface area contributed by atoms with Gasteiger partial charge in [-0.2, -0.15) is 0 Å². The summed E-state index contributed by atoms with van der Waals surface area (Å²) in [6.45, 7) is 2.86. The van der Waals surface area contributed by atoms with Crippen molar-refractivity contribution >= 4 is 21.9 Å².